The Bertz CT molecular complexity index is 919. The Morgan fingerprint density at radius 1 is 1.15 bits per heavy atom. The van der Waals surface area contributed by atoms with Gasteiger partial charge in [0.05, 0.1) is 17.0 Å². The molecule has 0 aliphatic rings. The lowest BCUT2D eigenvalue weighted by atomic mass is 10.0. The van der Waals surface area contributed by atoms with Crippen LogP contribution in [0, 0.1) is 0 Å². The van der Waals surface area contributed by atoms with Gasteiger partial charge in [-0.1, -0.05) is 48.0 Å². The maximum atomic E-state index is 12.3. The van der Waals surface area contributed by atoms with Crippen molar-refractivity contribution in [3.63, 3.8) is 0 Å². The molecule has 27 heavy (non-hydrogen) atoms. The molecule has 1 aromatic heterocycles. The molecule has 0 aliphatic heterocycles. The third-order valence-electron chi connectivity index (χ3n) is 3.67. The van der Waals surface area contributed by atoms with Crippen molar-refractivity contribution in [1.29, 1.82) is 0 Å². The summed E-state index contributed by atoms with van der Waals surface area (Å²) in [5, 5.41) is 17.5. The third kappa shape index (κ3) is 4.87. The average molecular weight is 386 g/mol. The van der Waals surface area contributed by atoms with Gasteiger partial charge >= 0.3 is 6.09 Å². The quantitative estimate of drug-likeness (QED) is 0.680. The van der Waals surface area contributed by atoms with Crippen LogP contribution >= 0.6 is 11.6 Å². The fraction of sp³-hybridized carbons (Fsp3) is 0.200. The first-order chi connectivity index (χ1) is 12.8. The van der Waals surface area contributed by atoms with Gasteiger partial charge in [0.2, 0.25) is 0 Å². The molecule has 0 aliphatic carbocycles. The summed E-state index contributed by atoms with van der Waals surface area (Å²) in [5.41, 5.74) is 0.195. The summed E-state index contributed by atoms with van der Waals surface area (Å²) in [5.74, 6) is 0.691. The molecule has 7 heteroatoms. The molecule has 0 atom stereocenters. The van der Waals surface area contributed by atoms with Crippen molar-refractivity contribution in [1.82, 2.24) is 9.78 Å². The van der Waals surface area contributed by atoms with Gasteiger partial charge < -0.3 is 9.84 Å². The van der Waals surface area contributed by atoms with Crippen LogP contribution in [0.2, 0.25) is 5.02 Å². The summed E-state index contributed by atoms with van der Waals surface area (Å²) in [7, 11) is 0. The number of rotatable bonds is 5. The van der Waals surface area contributed by atoms with Crippen LogP contribution in [0.25, 0.3) is 5.69 Å². The van der Waals surface area contributed by atoms with Crippen LogP contribution in [0.4, 0.5) is 10.6 Å². The van der Waals surface area contributed by atoms with Crippen molar-refractivity contribution >= 4 is 23.5 Å². The highest BCUT2D eigenvalue weighted by Gasteiger charge is 2.24. The van der Waals surface area contributed by atoms with Crippen molar-refractivity contribution < 1.29 is 14.6 Å². The van der Waals surface area contributed by atoms with Crippen molar-refractivity contribution in [2.75, 3.05) is 5.32 Å². The van der Waals surface area contributed by atoms with Crippen molar-refractivity contribution in [2.45, 2.75) is 25.9 Å². The Labute approximate surface area is 162 Å². The summed E-state index contributed by atoms with van der Waals surface area (Å²) in [4.78, 5) is 12.3. The lowest BCUT2D eigenvalue weighted by molar-refractivity contribution is 0.0798. The van der Waals surface area contributed by atoms with E-state index in [-0.39, 0.29) is 17.3 Å². The van der Waals surface area contributed by atoms with E-state index in [0.717, 1.165) is 5.69 Å². The van der Waals surface area contributed by atoms with Gasteiger partial charge in [0.25, 0.3) is 0 Å². The fourth-order valence-electron chi connectivity index (χ4n) is 2.55. The Hall–Kier alpha value is -2.83. The number of nitrogens with zero attached hydrogens (tertiary/aromatic N) is 2. The zero-order valence-corrected chi connectivity index (χ0v) is 15.8. The first-order valence-corrected chi connectivity index (χ1v) is 8.80. The maximum absolute atomic E-state index is 12.3. The van der Waals surface area contributed by atoms with Crippen LogP contribution in [0.3, 0.4) is 0 Å². The molecule has 0 fully saturated rings. The van der Waals surface area contributed by atoms with Gasteiger partial charge in [-0.2, -0.15) is 5.10 Å². The zero-order chi connectivity index (χ0) is 19.4. The molecule has 6 nitrogen and oxygen atoms in total. The normalized spacial score (nSPS) is 11.3. The van der Waals surface area contributed by atoms with Crippen LogP contribution in [0.1, 0.15) is 19.5 Å². The first-order valence-electron chi connectivity index (χ1n) is 8.42. The van der Waals surface area contributed by atoms with Crippen molar-refractivity contribution in [2.24, 2.45) is 0 Å². The van der Waals surface area contributed by atoms with Gasteiger partial charge in [0.15, 0.2) is 5.82 Å². The largest absolute Gasteiger partial charge is 0.418 e. The third-order valence-corrected chi connectivity index (χ3v) is 4.07. The molecule has 2 N–H and O–H groups in total. The summed E-state index contributed by atoms with van der Waals surface area (Å²) < 4.78 is 6.80. The number of para-hydroxylation sites is 2. The van der Waals surface area contributed by atoms with Gasteiger partial charge in [-0.25, -0.2) is 9.48 Å². The van der Waals surface area contributed by atoms with E-state index >= 15 is 0 Å². The highest BCUT2D eigenvalue weighted by molar-refractivity contribution is 6.34. The Kier molecular flexibility index (Phi) is 5.48. The van der Waals surface area contributed by atoms with E-state index in [1.54, 1.807) is 38.1 Å². The maximum Gasteiger partial charge on any atom is 0.418 e. The molecule has 0 unspecified atom stereocenters. The molecule has 0 bridgehead atoms. The molecule has 140 valence electrons. The number of halogens is 1. The minimum absolute atomic E-state index is 0.230. The molecule has 0 saturated heterocycles. The highest BCUT2D eigenvalue weighted by atomic mass is 35.5. The number of carbonyl (C=O) groups is 1. The second-order valence-electron chi connectivity index (χ2n) is 6.67. The van der Waals surface area contributed by atoms with Crippen LogP contribution in [0.5, 0.6) is 5.75 Å². The summed E-state index contributed by atoms with van der Waals surface area (Å²) in [6.45, 7) is 3.34. The number of aliphatic hydroxyl groups is 1. The summed E-state index contributed by atoms with van der Waals surface area (Å²) in [6, 6.07) is 18.0. The van der Waals surface area contributed by atoms with Crippen molar-refractivity contribution in [3.8, 4) is 11.4 Å². The molecular formula is C20H20ClN3O3. The molecule has 2 aromatic carbocycles. The molecule has 0 radical (unpaired) electrons. The molecule has 0 saturated carbocycles. The van der Waals surface area contributed by atoms with E-state index in [1.165, 1.54) is 4.68 Å². The Morgan fingerprint density at radius 2 is 1.74 bits per heavy atom. The van der Waals surface area contributed by atoms with Gasteiger partial charge in [-0.15, -0.1) is 0 Å². The van der Waals surface area contributed by atoms with Gasteiger partial charge in [-0.05, 0) is 38.1 Å². The predicted molar refractivity (Wildman–Crippen MR) is 105 cm³/mol. The van der Waals surface area contributed by atoms with E-state index in [0.29, 0.717) is 11.4 Å². The number of hydrogen-bond acceptors (Lipinski definition) is 4. The van der Waals surface area contributed by atoms with Crippen LogP contribution in [0.15, 0.2) is 60.7 Å². The van der Waals surface area contributed by atoms with Crippen LogP contribution < -0.4 is 10.1 Å². The molecule has 0 spiro atoms. The molecule has 1 heterocycles. The van der Waals surface area contributed by atoms with E-state index in [1.807, 2.05) is 36.4 Å². The van der Waals surface area contributed by atoms with Gasteiger partial charge in [0.1, 0.15) is 10.8 Å². The molecule has 3 rings (SSSR count). The number of ether oxygens (including phenoxy) is 1. The number of anilines is 1. The van der Waals surface area contributed by atoms with Crippen LogP contribution in [-0.2, 0) is 6.42 Å². The smallest absolute Gasteiger partial charge is 0.410 e. The van der Waals surface area contributed by atoms with E-state index < -0.39 is 11.7 Å². The number of aromatic nitrogens is 2. The number of hydrogen-bond donors (Lipinski definition) is 2. The predicted octanol–water partition coefficient (Wildman–Crippen LogP) is 4.45. The highest BCUT2D eigenvalue weighted by Crippen LogP contribution is 2.31. The molecule has 3 aromatic rings. The monoisotopic (exact) mass is 385 g/mol. The van der Waals surface area contributed by atoms with E-state index in [9.17, 15) is 9.90 Å². The lowest BCUT2D eigenvalue weighted by Gasteiger charge is -2.14. The second kappa shape index (κ2) is 7.82. The number of carbonyl (C=O) groups excluding carboxylic acids is 1. The Morgan fingerprint density at radius 3 is 2.33 bits per heavy atom. The minimum Gasteiger partial charge on any atom is -0.410 e. The summed E-state index contributed by atoms with van der Waals surface area (Å²) >= 11 is 6.47. The average Bonchev–Trinajstić information content (AvgIpc) is 2.91. The number of benzene rings is 2. The molecule has 1 amide bonds. The summed E-state index contributed by atoms with van der Waals surface area (Å²) in [6.07, 6.45) is -0.455. The van der Waals surface area contributed by atoms with Crippen molar-refractivity contribution in [3.05, 3.63) is 71.4 Å². The molecular weight excluding hydrogens is 366 g/mol. The minimum atomic E-state index is -0.999. The second-order valence-corrected chi connectivity index (χ2v) is 7.05. The van der Waals surface area contributed by atoms with Crippen LogP contribution in [-0.4, -0.2) is 26.6 Å². The van der Waals surface area contributed by atoms with E-state index in [2.05, 4.69) is 10.4 Å². The number of amides is 1. The Balaban J connectivity index is 1.93. The first kappa shape index (κ1) is 18.9. The van der Waals surface area contributed by atoms with Gasteiger partial charge in [-0.3, -0.25) is 5.32 Å². The lowest BCUT2D eigenvalue weighted by Crippen LogP contribution is -2.22. The number of nitrogens with one attached hydrogen (secondary N) is 1. The topological polar surface area (TPSA) is 76.4 Å². The standard InChI is InChI=1S/C20H20ClN3O3/c1-20(2,26)13-16-17(21)18(24(23-16)14-9-5-3-6-10-14)22-19(25)27-15-11-7-4-8-12-15/h3-12,26H,13H2,1-2H3,(H,22,25). The fourth-order valence-corrected chi connectivity index (χ4v) is 2.78. The zero-order valence-electron chi connectivity index (χ0n) is 15.0. The van der Waals surface area contributed by atoms with E-state index in [4.69, 9.17) is 16.3 Å². The van der Waals surface area contributed by atoms with Gasteiger partial charge in [0, 0.05) is 6.42 Å². The SMILES string of the molecule is CC(C)(O)Cc1nn(-c2ccccc2)c(NC(=O)Oc2ccccc2)c1Cl.